The van der Waals surface area contributed by atoms with Gasteiger partial charge < -0.3 is 5.11 Å². The van der Waals surface area contributed by atoms with Crippen molar-refractivity contribution in [3.8, 4) is 0 Å². The third-order valence-corrected chi connectivity index (χ3v) is 5.21. The molecule has 112 valence electrons. The van der Waals surface area contributed by atoms with Gasteiger partial charge in [0.2, 0.25) is 0 Å². The molecule has 0 aromatic heterocycles. The second-order valence-electron chi connectivity index (χ2n) is 4.14. The molecule has 0 atom stereocenters. The Morgan fingerprint density at radius 1 is 1.10 bits per heavy atom. The molecule has 0 aliphatic carbocycles. The van der Waals surface area contributed by atoms with Crippen LogP contribution in [0, 0.1) is 0 Å². The molecule has 0 spiro atoms. The summed E-state index contributed by atoms with van der Waals surface area (Å²) in [7, 11) is -3.82. The largest absolute Gasteiger partial charge is 0.392 e. The summed E-state index contributed by atoms with van der Waals surface area (Å²) >= 11 is 15.1. The van der Waals surface area contributed by atoms with Gasteiger partial charge in [-0.05, 0) is 42.0 Å². The first-order valence-electron chi connectivity index (χ1n) is 5.70. The summed E-state index contributed by atoms with van der Waals surface area (Å²) < 4.78 is 27.8. The maximum Gasteiger partial charge on any atom is 0.261 e. The molecule has 0 aliphatic heterocycles. The van der Waals surface area contributed by atoms with Gasteiger partial charge >= 0.3 is 0 Å². The molecule has 2 rings (SSSR count). The zero-order chi connectivity index (χ0) is 15.6. The molecular formula is C13H10BrCl2NO3S. The van der Waals surface area contributed by atoms with Gasteiger partial charge in [0, 0.05) is 9.50 Å². The number of hydrogen-bond donors (Lipinski definition) is 2. The Morgan fingerprint density at radius 2 is 1.81 bits per heavy atom. The summed E-state index contributed by atoms with van der Waals surface area (Å²) in [5.41, 5.74) is 0.599. The molecular weight excluding hydrogens is 401 g/mol. The summed E-state index contributed by atoms with van der Waals surface area (Å²) in [5.74, 6) is 0. The van der Waals surface area contributed by atoms with Gasteiger partial charge in [0.1, 0.15) is 0 Å². The van der Waals surface area contributed by atoms with E-state index in [-0.39, 0.29) is 22.2 Å². The number of aliphatic hydroxyl groups is 1. The van der Waals surface area contributed by atoms with E-state index < -0.39 is 10.0 Å². The van der Waals surface area contributed by atoms with Crippen molar-refractivity contribution in [1.82, 2.24) is 0 Å². The van der Waals surface area contributed by atoms with Crippen molar-refractivity contribution in [3.05, 3.63) is 56.5 Å². The lowest BCUT2D eigenvalue weighted by Crippen LogP contribution is -2.13. The molecule has 2 N–H and O–H groups in total. The van der Waals surface area contributed by atoms with Gasteiger partial charge in [-0.25, -0.2) is 8.42 Å². The van der Waals surface area contributed by atoms with Crippen LogP contribution in [-0.4, -0.2) is 13.5 Å². The minimum atomic E-state index is -3.82. The lowest BCUT2D eigenvalue weighted by atomic mass is 10.2. The van der Waals surface area contributed by atoms with E-state index >= 15 is 0 Å². The fourth-order valence-electron chi connectivity index (χ4n) is 1.62. The second kappa shape index (κ2) is 6.54. The number of hydrogen-bond acceptors (Lipinski definition) is 3. The van der Waals surface area contributed by atoms with Crippen LogP contribution >= 0.6 is 39.1 Å². The van der Waals surface area contributed by atoms with Gasteiger partial charge in [0.05, 0.1) is 22.2 Å². The smallest absolute Gasteiger partial charge is 0.261 e. The van der Waals surface area contributed by atoms with Crippen molar-refractivity contribution >= 4 is 54.8 Å². The molecule has 0 amide bonds. The van der Waals surface area contributed by atoms with Crippen molar-refractivity contribution in [2.75, 3.05) is 4.72 Å². The number of rotatable bonds is 4. The number of halogens is 3. The van der Waals surface area contributed by atoms with Crippen LogP contribution in [0.15, 0.2) is 45.8 Å². The number of nitrogens with one attached hydrogen (secondary N) is 1. The van der Waals surface area contributed by atoms with Gasteiger partial charge in [-0.15, -0.1) is 0 Å². The number of sulfonamides is 1. The highest BCUT2D eigenvalue weighted by molar-refractivity contribution is 9.10. The zero-order valence-corrected chi connectivity index (χ0v) is 14.4. The average Bonchev–Trinajstić information content (AvgIpc) is 2.42. The Balaban J connectivity index is 2.38. The summed E-state index contributed by atoms with van der Waals surface area (Å²) in [5, 5.41) is 9.72. The molecule has 21 heavy (non-hydrogen) atoms. The molecule has 0 heterocycles. The maximum absolute atomic E-state index is 12.3. The lowest BCUT2D eigenvalue weighted by molar-refractivity contribution is 0.281. The van der Waals surface area contributed by atoms with Gasteiger partial charge in [0.15, 0.2) is 0 Å². The van der Waals surface area contributed by atoms with E-state index in [1.54, 1.807) is 18.2 Å². The van der Waals surface area contributed by atoms with Crippen LogP contribution in [0.4, 0.5) is 5.69 Å². The fourth-order valence-corrected chi connectivity index (χ4v) is 3.70. The normalized spacial score (nSPS) is 11.4. The molecule has 0 fully saturated rings. The Kier molecular flexibility index (Phi) is 5.16. The second-order valence-corrected chi connectivity index (χ2v) is 7.55. The first-order chi connectivity index (χ1) is 9.83. The minimum absolute atomic E-state index is 0.00469. The van der Waals surface area contributed by atoms with Crippen LogP contribution in [0.25, 0.3) is 0 Å². The van der Waals surface area contributed by atoms with Gasteiger partial charge in [-0.1, -0.05) is 39.1 Å². The van der Waals surface area contributed by atoms with Crippen LogP contribution in [0.1, 0.15) is 5.56 Å². The number of benzene rings is 2. The minimum Gasteiger partial charge on any atom is -0.392 e. The Morgan fingerprint density at radius 3 is 2.43 bits per heavy atom. The zero-order valence-electron chi connectivity index (χ0n) is 10.5. The Hall–Kier alpha value is -0.790. The molecule has 0 saturated carbocycles. The molecule has 4 nitrogen and oxygen atoms in total. The van der Waals surface area contributed by atoms with Crippen molar-refractivity contribution in [2.24, 2.45) is 0 Å². The van der Waals surface area contributed by atoms with Crippen molar-refractivity contribution in [2.45, 2.75) is 11.5 Å². The van der Waals surface area contributed by atoms with E-state index in [1.165, 1.54) is 18.2 Å². The highest BCUT2D eigenvalue weighted by atomic mass is 79.9. The highest BCUT2D eigenvalue weighted by Gasteiger charge is 2.17. The van der Waals surface area contributed by atoms with Gasteiger partial charge in [-0.3, -0.25) is 4.72 Å². The number of anilines is 1. The van der Waals surface area contributed by atoms with E-state index in [4.69, 9.17) is 28.3 Å². The van der Waals surface area contributed by atoms with E-state index in [2.05, 4.69) is 20.7 Å². The summed E-state index contributed by atoms with van der Waals surface area (Å²) in [6.45, 7) is -0.346. The monoisotopic (exact) mass is 409 g/mol. The standard InChI is InChI=1S/C13H10BrCl2NO3S/c14-9-1-4-13(12(16)6-9)17-21(19,20)10-2-3-11(15)8(5-10)7-18/h1-6,17-18H,7H2. The predicted molar refractivity (Wildman–Crippen MR) is 87.3 cm³/mol. The van der Waals surface area contributed by atoms with Crippen LogP contribution in [-0.2, 0) is 16.6 Å². The van der Waals surface area contributed by atoms with E-state index in [9.17, 15) is 8.42 Å². The van der Waals surface area contributed by atoms with E-state index in [0.717, 1.165) is 4.47 Å². The summed E-state index contributed by atoms with van der Waals surface area (Å²) in [4.78, 5) is -0.00469. The average molecular weight is 411 g/mol. The predicted octanol–water partition coefficient (Wildman–Crippen LogP) is 4.05. The Bertz CT molecular complexity index is 781. The van der Waals surface area contributed by atoms with Crippen molar-refractivity contribution < 1.29 is 13.5 Å². The molecule has 2 aromatic carbocycles. The van der Waals surface area contributed by atoms with E-state index in [1.807, 2.05) is 0 Å². The van der Waals surface area contributed by atoms with Crippen LogP contribution in [0.2, 0.25) is 10.0 Å². The topological polar surface area (TPSA) is 66.4 Å². The third kappa shape index (κ3) is 3.90. The first-order valence-corrected chi connectivity index (χ1v) is 8.74. The van der Waals surface area contributed by atoms with Gasteiger partial charge in [-0.2, -0.15) is 0 Å². The quantitative estimate of drug-likeness (QED) is 0.798. The SMILES string of the molecule is O=S(=O)(Nc1ccc(Br)cc1Cl)c1ccc(Cl)c(CO)c1. The summed E-state index contributed by atoms with van der Waals surface area (Å²) in [6.07, 6.45) is 0. The highest BCUT2D eigenvalue weighted by Crippen LogP contribution is 2.28. The molecule has 0 aliphatic rings. The van der Waals surface area contributed by atoms with Crippen LogP contribution in [0.3, 0.4) is 0 Å². The Labute approximate surface area is 140 Å². The first kappa shape index (κ1) is 16.6. The molecule has 0 radical (unpaired) electrons. The van der Waals surface area contributed by atoms with Crippen molar-refractivity contribution in [3.63, 3.8) is 0 Å². The number of aliphatic hydroxyl groups excluding tert-OH is 1. The maximum atomic E-state index is 12.3. The molecule has 0 unspecified atom stereocenters. The van der Waals surface area contributed by atoms with Gasteiger partial charge in [0.25, 0.3) is 10.0 Å². The van der Waals surface area contributed by atoms with Crippen molar-refractivity contribution in [1.29, 1.82) is 0 Å². The molecule has 8 heteroatoms. The molecule has 2 aromatic rings. The fraction of sp³-hybridized carbons (Fsp3) is 0.0769. The van der Waals surface area contributed by atoms with Crippen LogP contribution < -0.4 is 4.72 Å². The molecule has 0 saturated heterocycles. The third-order valence-electron chi connectivity index (χ3n) is 2.67. The summed E-state index contributed by atoms with van der Waals surface area (Å²) in [6, 6.07) is 8.90. The lowest BCUT2D eigenvalue weighted by Gasteiger charge is -2.11. The van der Waals surface area contributed by atoms with Crippen LogP contribution in [0.5, 0.6) is 0 Å². The van der Waals surface area contributed by atoms with E-state index in [0.29, 0.717) is 10.6 Å². The molecule has 0 bridgehead atoms.